The fourth-order valence-corrected chi connectivity index (χ4v) is 2.53. The van der Waals surface area contributed by atoms with E-state index >= 15 is 0 Å². The molecule has 0 aromatic carbocycles. The zero-order chi connectivity index (χ0) is 11.8. The molecule has 1 aliphatic rings. The summed E-state index contributed by atoms with van der Waals surface area (Å²) in [6.07, 6.45) is 0.384. The van der Waals surface area contributed by atoms with Crippen LogP contribution in [-0.2, 0) is 14.9 Å². The van der Waals surface area contributed by atoms with Crippen LogP contribution in [0.4, 0.5) is 0 Å². The number of Topliss-reactive ketones (excluding diaryl/α,β-unsaturated/α-hetero) is 1. The van der Waals surface area contributed by atoms with E-state index in [0.29, 0.717) is 5.01 Å². The van der Waals surface area contributed by atoms with Crippen molar-refractivity contribution in [3.63, 3.8) is 0 Å². The van der Waals surface area contributed by atoms with Gasteiger partial charge in [-0.2, -0.15) is 5.26 Å². The molecule has 1 aliphatic carbocycles. The molecule has 0 saturated heterocycles. The predicted octanol–water partition coefficient (Wildman–Crippen LogP) is 1.05. The van der Waals surface area contributed by atoms with Crippen LogP contribution in [0.25, 0.3) is 0 Å². The molecule has 5 nitrogen and oxygen atoms in total. The summed E-state index contributed by atoms with van der Waals surface area (Å²) in [6.45, 7) is 0. The molecule has 16 heavy (non-hydrogen) atoms. The Morgan fingerprint density at radius 3 is 2.88 bits per heavy atom. The van der Waals surface area contributed by atoms with Gasteiger partial charge in [0, 0.05) is 18.2 Å². The van der Waals surface area contributed by atoms with Crippen molar-refractivity contribution in [2.45, 2.75) is 18.3 Å². The lowest BCUT2D eigenvalue weighted by Crippen LogP contribution is -2.40. The van der Waals surface area contributed by atoms with E-state index in [1.165, 1.54) is 18.4 Å². The van der Waals surface area contributed by atoms with Gasteiger partial charge in [-0.1, -0.05) is 0 Å². The number of nitriles is 1. The number of aromatic nitrogens is 1. The smallest absolute Gasteiger partial charge is 0.357 e. The van der Waals surface area contributed by atoms with E-state index in [1.54, 1.807) is 5.38 Å². The third-order valence-electron chi connectivity index (χ3n) is 2.52. The van der Waals surface area contributed by atoms with Crippen molar-refractivity contribution in [3.8, 4) is 6.07 Å². The zero-order valence-corrected chi connectivity index (χ0v) is 9.34. The van der Waals surface area contributed by atoms with Gasteiger partial charge < -0.3 is 4.74 Å². The van der Waals surface area contributed by atoms with Crippen LogP contribution in [0.3, 0.4) is 0 Å². The minimum Gasteiger partial charge on any atom is -0.464 e. The van der Waals surface area contributed by atoms with Gasteiger partial charge in [0.25, 0.3) is 0 Å². The molecule has 1 aromatic heterocycles. The molecule has 0 radical (unpaired) electrons. The van der Waals surface area contributed by atoms with Gasteiger partial charge >= 0.3 is 5.97 Å². The number of carbonyl (C=O) groups is 2. The molecular formula is C10H8N2O3S. The molecule has 0 spiro atoms. The average molecular weight is 236 g/mol. The number of hydrogen-bond acceptors (Lipinski definition) is 6. The summed E-state index contributed by atoms with van der Waals surface area (Å²) in [6, 6.07) is 2.11. The van der Waals surface area contributed by atoms with Crippen LogP contribution in [0.15, 0.2) is 5.38 Å². The molecule has 0 amide bonds. The average Bonchev–Trinajstić information content (AvgIpc) is 2.72. The Bertz CT molecular complexity index is 492. The molecule has 82 valence electrons. The third-order valence-corrected chi connectivity index (χ3v) is 3.57. The second-order valence-corrected chi connectivity index (χ2v) is 4.47. The molecule has 6 heteroatoms. The Morgan fingerprint density at radius 2 is 2.38 bits per heavy atom. The minimum absolute atomic E-state index is 0.0522. The predicted molar refractivity (Wildman–Crippen MR) is 55.0 cm³/mol. The molecule has 0 atom stereocenters. The van der Waals surface area contributed by atoms with Gasteiger partial charge in [0.05, 0.1) is 13.2 Å². The van der Waals surface area contributed by atoms with Gasteiger partial charge in [-0.25, -0.2) is 9.78 Å². The summed E-state index contributed by atoms with van der Waals surface area (Å²) >= 11 is 1.22. The Kier molecular flexibility index (Phi) is 2.48. The second-order valence-electron chi connectivity index (χ2n) is 3.62. The third kappa shape index (κ3) is 1.49. The maximum absolute atomic E-state index is 11.2. The van der Waals surface area contributed by atoms with Crippen LogP contribution in [0, 0.1) is 11.3 Å². The van der Waals surface area contributed by atoms with Crippen LogP contribution in [0.1, 0.15) is 28.3 Å². The van der Waals surface area contributed by atoms with Gasteiger partial charge in [0.1, 0.15) is 16.2 Å². The molecule has 1 fully saturated rings. The molecule has 0 bridgehead atoms. The van der Waals surface area contributed by atoms with Crippen molar-refractivity contribution in [1.29, 1.82) is 5.26 Å². The first kappa shape index (κ1) is 10.8. The second kappa shape index (κ2) is 3.68. The van der Waals surface area contributed by atoms with Gasteiger partial charge in [-0.15, -0.1) is 11.3 Å². The maximum atomic E-state index is 11.2. The lowest BCUT2D eigenvalue weighted by atomic mass is 9.69. The minimum atomic E-state index is -0.811. The molecule has 0 aliphatic heterocycles. The van der Waals surface area contributed by atoms with Crippen LogP contribution >= 0.6 is 11.3 Å². The number of rotatable bonds is 2. The first-order chi connectivity index (χ1) is 7.61. The number of esters is 1. The monoisotopic (exact) mass is 236 g/mol. The summed E-state index contributed by atoms with van der Waals surface area (Å²) in [7, 11) is 1.27. The highest BCUT2D eigenvalue weighted by atomic mass is 32.1. The largest absolute Gasteiger partial charge is 0.464 e. The van der Waals surface area contributed by atoms with Crippen molar-refractivity contribution in [1.82, 2.24) is 4.98 Å². The molecule has 0 N–H and O–H groups in total. The van der Waals surface area contributed by atoms with Crippen LogP contribution in [0.2, 0.25) is 0 Å². The summed E-state index contributed by atoms with van der Waals surface area (Å²) in [5, 5.41) is 11.1. The van der Waals surface area contributed by atoms with E-state index in [0.717, 1.165) is 0 Å². The molecule has 0 unspecified atom stereocenters. The highest BCUT2D eigenvalue weighted by Crippen LogP contribution is 2.41. The van der Waals surface area contributed by atoms with Crippen molar-refractivity contribution in [2.75, 3.05) is 7.11 Å². The van der Waals surface area contributed by atoms with Crippen LogP contribution in [0.5, 0.6) is 0 Å². The Hall–Kier alpha value is -1.74. The summed E-state index contributed by atoms with van der Waals surface area (Å²) in [4.78, 5) is 26.2. The van der Waals surface area contributed by atoms with E-state index in [9.17, 15) is 9.59 Å². The first-order valence-electron chi connectivity index (χ1n) is 4.58. The van der Waals surface area contributed by atoms with Crippen molar-refractivity contribution >= 4 is 23.1 Å². The van der Waals surface area contributed by atoms with Gasteiger partial charge in [0.15, 0.2) is 5.69 Å². The summed E-state index contributed by atoms with van der Waals surface area (Å²) in [5.41, 5.74) is -0.620. The van der Waals surface area contributed by atoms with E-state index in [2.05, 4.69) is 15.8 Å². The highest BCUT2D eigenvalue weighted by Gasteiger charge is 2.48. The SMILES string of the molecule is COC(=O)c1csc(C2(C#N)CC(=O)C2)n1. The van der Waals surface area contributed by atoms with Gasteiger partial charge in [-0.05, 0) is 0 Å². The quantitative estimate of drug-likeness (QED) is 0.717. The van der Waals surface area contributed by atoms with E-state index < -0.39 is 11.4 Å². The van der Waals surface area contributed by atoms with Crippen molar-refractivity contribution in [3.05, 3.63) is 16.1 Å². The topological polar surface area (TPSA) is 80.0 Å². The Morgan fingerprint density at radius 1 is 1.69 bits per heavy atom. The Balaban J connectivity index is 2.29. The number of methoxy groups -OCH3 is 1. The normalized spacial score (nSPS) is 17.4. The molecule has 1 saturated carbocycles. The number of thiazole rings is 1. The van der Waals surface area contributed by atoms with Gasteiger partial charge in [-0.3, -0.25) is 4.79 Å². The van der Waals surface area contributed by atoms with Crippen LogP contribution < -0.4 is 0 Å². The number of ether oxygens (including phenoxy) is 1. The lowest BCUT2D eigenvalue weighted by Gasteiger charge is -2.31. The number of carbonyl (C=O) groups excluding carboxylic acids is 2. The summed E-state index contributed by atoms with van der Waals surface area (Å²) < 4.78 is 4.52. The lowest BCUT2D eigenvalue weighted by molar-refractivity contribution is -0.126. The molecular weight excluding hydrogens is 228 g/mol. The molecule has 1 aromatic rings. The summed E-state index contributed by atoms with van der Waals surface area (Å²) in [5.74, 6) is -0.474. The first-order valence-corrected chi connectivity index (χ1v) is 5.46. The fourth-order valence-electron chi connectivity index (χ4n) is 1.59. The Labute approximate surface area is 95.7 Å². The van der Waals surface area contributed by atoms with E-state index in [4.69, 9.17) is 5.26 Å². The van der Waals surface area contributed by atoms with Crippen molar-refractivity contribution < 1.29 is 14.3 Å². The molecule has 2 rings (SSSR count). The number of ketones is 1. The van der Waals surface area contributed by atoms with Gasteiger partial charge in [0.2, 0.25) is 0 Å². The number of hydrogen-bond donors (Lipinski definition) is 0. The van der Waals surface area contributed by atoms with Crippen LogP contribution in [-0.4, -0.2) is 23.8 Å². The highest BCUT2D eigenvalue weighted by molar-refractivity contribution is 7.10. The van der Waals surface area contributed by atoms with Crippen molar-refractivity contribution in [2.24, 2.45) is 0 Å². The van der Waals surface area contributed by atoms with E-state index in [1.807, 2.05) is 0 Å². The zero-order valence-electron chi connectivity index (χ0n) is 8.52. The number of nitrogens with zero attached hydrogens (tertiary/aromatic N) is 2. The fraction of sp³-hybridized carbons (Fsp3) is 0.400. The standard InChI is InChI=1S/C10H8N2O3S/c1-15-8(14)7-4-16-9(12-7)10(5-11)2-6(13)3-10/h4H,2-3H2,1H3. The molecule has 1 heterocycles. The van der Waals surface area contributed by atoms with E-state index in [-0.39, 0.29) is 24.3 Å². The maximum Gasteiger partial charge on any atom is 0.357 e.